The summed E-state index contributed by atoms with van der Waals surface area (Å²) in [6, 6.07) is 19.6. The van der Waals surface area contributed by atoms with Crippen LogP contribution in [0, 0.1) is 0 Å². The second-order valence-corrected chi connectivity index (χ2v) is 10.8. The minimum Gasteiger partial charge on any atom is -0.493 e. The topological polar surface area (TPSA) is 72.5 Å². The maximum atomic E-state index is 13.1. The molecule has 0 atom stereocenters. The Hall–Kier alpha value is -4.06. The van der Waals surface area contributed by atoms with Crippen molar-refractivity contribution in [1.29, 1.82) is 0 Å². The van der Waals surface area contributed by atoms with Crippen molar-refractivity contribution < 1.29 is 14.3 Å². The number of fused-ring (bicyclic) bond motifs is 2. The standard InChI is InChI=1S/C32H35N3O3/c1-32(2,3)21-12-10-20(11-13-21)31(36)34-22-14-16-27-25(18-22)30(24-8-6-7-9-26(24)35-27)33-23-15-17-28(37-4)29(19-23)38-5/h10-19H,6-9H2,1-5H3,(H,33,35)(H,34,36). The van der Waals surface area contributed by atoms with Gasteiger partial charge in [0.2, 0.25) is 0 Å². The van der Waals surface area contributed by atoms with E-state index in [-0.39, 0.29) is 11.3 Å². The van der Waals surface area contributed by atoms with Gasteiger partial charge in [0.25, 0.3) is 5.91 Å². The highest BCUT2D eigenvalue weighted by atomic mass is 16.5. The van der Waals surface area contributed by atoms with E-state index in [2.05, 4.69) is 31.4 Å². The molecule has 5 rings (SSSR count). The predicted octanol–water partition coefficient (Wildman–Crippen LogP) is 7.42. The molecule has 196 valence electrons. The highest BCUT2D eigenvalue weighted by Crippen LogP contribution is 2.38. The summed E-state index contributed by atoms with van der Waals surface area (Å²) in [6.07, 6.45) is 4.20. The van der Waals surface area contributed by atoms with E-state index in [1.54, 1.807) is 14.2 Å². The zero-order valence-corrected chi connectivity index (χ0v) is 22.8. The number of pyridine rings is 1. The third-order valence-corrected chi connectivity index (χ3v) is 7.19. The smallest absolute Gasteiger partial charge is 0.255 e. The second-order valence-electron chi connectivity index (χ2n) is 10.8. The molecule has 2 N–H and O–H groups in total. The molecule has 1 amide bonds. The molecule has 1 heterocycles. The summed E-state index contributed by atoms with van der Waals surface area (Å²) >= 11 is 0. The number of aryl methyl sites for hydroxylation is 1. The van der Waals surface area contributed by atoms with Crippen LogP contribution in [-0.2, 0) is 18.3 Å². The van der Waals surface area contributed by atoms with Crippen LogP contribution in [0.5, 0.6) is 11.5 Å². The Balaban J connectivity index is 1.51. The summed E-state index contributed by atoms with van der Waals surface area (Å²) in [5.41, 5.74) is 7.81. The molecule has 0 radical (unpaired) electrons. The molecule has 1 aromatic heterocycles. The molecular formula is C32H35N3O3. The van der Waals surface area contributed by atoms with Crippen molar-refractivity contribution >= 4 is 33.9 Å². The van der Waals surface area contributed by atoms with Gasteiger partial charge in [-0.15, -0.1) is 0 Å². The number of benzene rings is 3. The molecule has 0 aliphatic heterocycles. The molecule has 38 heavy (non-hydrogen) atoms. The highest BCUT2D eigenvalue weighted by molar-refractivity contribution is 6.06. The van der Waals surface area contributed by atoms with E-state index >= 15 is 0 Å². The lowest BCUT2D eigenvalue weighted by Gasteiger charge is -2.22. The van der Waals surface area contributed by atoms with Crippen molar-refractivity contribution in [1.82, 2.24) is 4.98 Å². The number of amides is 1. The van der Waals surface area contributed by atoms with Crippen LogP contribution in [0.15, 0.2) is 60.7 Å². The highest BCUT2D eigenvalue weighted by Gasteiger charge is 2.20. The number of methoxy groups -OCH3 is 2. The normalized spacial score (nSPS) is 13.1. The van der Waals surface area contributed by atoms with Gasteiger partial charge in [-0.2, -0.15) is 0 Å². The Morgan fingerprint density at radius 3 is 2.26 bits per heavy atom. The van der Waals surface area contributed by atoms with Gasteiger partial charge < -0.3 is 20.1 Å². The number of hydrogen-bond donors (Lipinski definition) is 2. The Labute approximate surface area is 224 Å². The number of aromatic nitrogens is 1. The van der Waals surface area contributed by atoms with Gasteiger partial charge in [-0.25, -0.2) is 0 Å². The lowest BCUT2D eigenvalue weighted by atomic mass is 9.87. The molecule has 1 aliphatic rings. The maximum Gasteiger partial charge on any atom is 0.255 e. The Morgan fingerprint density at radius 2 is 1.55 bits per heavy atom. The van der Waals surface area contributed by atoms with Gasteiger partial charge in [-0.1, -0.05) is 32.9 Å². The molecule has 0 bridgehead atoms. The number of nitrogens with one attached hydrogen (secondary N) is 2. The maximum absolute atomic E-state index is 13.1. The average molecular weight is 510 g/mol. The first-order valence-corrected chi connectivity index (χ1v) is 13.1. The molecule has 6 heteroatoms. The first-order valence-electron chi connectivity index (χ1n) is 13.1. The van der Waals surface area contributed by atoms with Gasteiger partial charge in [-0.05, 0) is 84.7 Å². The molecule has 0 saturated carbocycles. The van der Waals surface area contributed by atoms with Gasteiger partial charge in [0.1, 0.15) is 0 Å². The Kier molecular flexibility index (Phi) is 6.98. The van der Waals surface area contributed by atoms with E-state index in [1.807, 2.05) is 60.7 Å². The number of rotatable bonds is 6. The Bertz CT molecular complexity index is 1490. The predicted molar refractivity (Wildman–Crippen MR) is 154 cm³/mol. The van der Waals surface area contributed by atoms with E-state index in [0.29, 0.717) is 17.1 Å². The van der Waals surface area contributed by atoms with Crippen LogP contribution in [0.4, 0.5) is 17.1 Å². The molecule has 6 nitrogen and oxygen atoms in total. The quantitative estimate of drug-likeness (QED) is 0.283. The first-order chi connectivity index (χ1) is 18.3. The fourth-order valence-corrected chi connectivity index (χ4v) is 5.03. The van der Waals surface area contributed by atoms with Gasteiger partial charge in [0.15, 0.2) is 11.5 Å². The van der Waals surface area contributed by atoms with E-state index in [4.69, 9.17) is 14.5 Å². The number of carbonyl (C=O) groups is 1. The summed E-state index contributed by atoms with van der Waals surface area (Å²) in [7, 11) is 3.27. The molecule has 0 unspecified atom stereocenters. The molecule has 3 aromatic carbocycles. The Morgan fingerprint density at radius 1 is 0.842 bits per heavy atom. The van der Waals surface area contributed by atoms with Gasteiger partial charge in [-0.3, -0.25) is 9.78 Å². The SMILES string of the molecule is COc1ccc(Nc2c3c(nc4ccc(NC(=O)c5ccc(C(C)(C)C)cc5)cc24)CCCC3)cc1OC. The van der Waals surface area contributed by atoms with Crippen LogP contribution in [-0.4, -0.2) is 25.1 Å². The van der Waals surface area contributed by atoms with Crippen LogP contribution < -0.4 is 20.1 Å². The monoisotopic (exact) mass is 509 g/mol. The molecule has 0 saturated heterocycles. The summed E-state index contributed by atoms with van der Waals surface area (Å²) in [5, 5.41) is 7.70. The first kappa shape index (κ1) is 25.6. The van der Waals surface area contributed by atoms with Crippen LogP contribution in [0.1, 0.15) is 60.8 Å². The largest absolute Gasteiger partial charge is 0.493 e. The molecule has 1 aliphatic carbocycles. The van der Waals surface area contributed by atoms with E-state index in [9.17, 15) is 4.79 Å². The number of hydrogen-bond acceptors (Lipinski definition) is 5. The minimum atomic E-state index is -0.134. The molecule has 0 spiro atoms. The van der Waals surface area contributed by atoms with Gasteiger partial charge in [0.05, 0.1) is 25.4 Å². The number of nitrogens with zero attached hydrogens (tertiary/aromatic N) is 1. The van der Waals surface area contributed by atoms with Gasteiger partial charge in [0, 0.05) is 34.1 Å². The summed E-state index contributed by atoms with van der Waals surface area (Å²) in [6.45, 7) is 6.49. The van der Waals surface area contributed by atoms with Gasteiger partial charge >= 0.3 is 0 Å². The average Bonchev–Trinajstić information content (AvgIpc) is 2.92. The van der Waals surface area contributed by atoms with Crippen molar-refractivity contribution in [3.8, 4) is 11.5 Å². The zero-order chi connectivity index (χ0) is 26.9. The van der Waals surface area contributed by atoms with Crippen molar-refractivity contribution in [2.24, 2.45) is 0 Å². The van der Waals surface area contributed by atoms with Crippen LogP contribution in [0.2, 0.25) is 0 Å². The lowest BCUT2D eigenvalue weighted by Crippen LogP contribution is -2.14. The minimum absolute atomic E-state index is 0.0385. The number of anilines is 3. The van der Waals surface area contributed by atoms with Crippen molar-refractivity contribution in [3.05, 3.63) is 83.0 Å². The summed E-state index contributed by atoms with van der Waals surface area (Å²) in [4.78, 5) is 18.1. The molecule has 0 fully saturated rings. The van der Waals surface area contributed by atoms with Crippen LogP contribution >= 0.6 is 0 Å². The fourth-order valence-electron chi connectivity index (χ4n) is 5.03. The molecular weight excluding hydrogens is 474 g/mol. The van der Waals surface area contributed by atoms with E-state index in [0.717, 1.165) is 59.3 Å². The van der Waals surface area contributed by atoms with Crippen LogP contribution in [0.3, 0.4) is 0 Å². The third kappa shape index (κ3) is 5.17. The second kappa shape index (κ2) is 10.4. The van der Waals surface area contributed by atoms with Crippen LogP contribution in [0.25, 0.3) is 10.9 Å². The van der Waals surface area contributed by atoms with E-state index in [1.165, 1.54) is 11.1 Å². The summed E-state index contributed by atoms with van der Waals surface area (Å²) in [5.74, 6) is 1.21. The van der Waals surface area contributed by atoms with E-state index < -0.39 is 0 Å². The summed E-state index contributed by atoms with van der Waals surface area (Å²) < 4.78 is 10.9. The zero-order valence-electron chi connectivity index (χ0n) is 22.8. The number of carbonyl (C=O) groups excluding carboxylic acids is 1. The van der Waals surface area contributed by atoms with Crippen molar-refractivity contribution in [2.75, 3.05) is 24.9 Å². The van der Waals surface area contributed by atoms with Crippen molar-refractivity contribution in [2.45, 2.75) is 51.9 Å². The van der Waals surface area contributed by atoms with Crippen molar-refractivity contribution in [3.63, 3.8) is 0 Å². The third-order valence-electron chi connectivity index (χ3n) is 7.19. The fraction of sp³-hybridized carbons (Fsp3) is 0.312. The number of ether oxygens (including phenoxy) is 2. The lowest BCUT2D eigenvalue weighted by molar-refractivity contribution is 0.102. The molecule has 4 aromatic rings.